The lowest BCUT2D eigenvalue weighted by molar-refractivity contribution is 0.171. The minimum absolute atomic E-state index is 0.0493. The molecule has 0 saturated heterocycles. The van der Waals surface area contributed by atoms with Crippen molar-refractivity contribution in [3.05, 3.63) is 23.8 Å². The first-order valence-electron chi connectivity index (χ1n) is 8.90. The molecule has 0 fully saturated rings. The van der Waals surface area contributed by atoms with E-state index in [2.05, 4.69) is 47.9 Å². The highest BCUT2D eigenvalue weighted by Gasteiger charge is 2.23. The fourth-order valence-corrected chi connectivity index (χ4v) is 3.16. The number of benzene rings is 1. The monoisotopic (exact) mass is 365 g/mol. The van der Waals surface area contributed by atoms with Crippen LogP contribution < -0.4 is 20.1 Å². The van der Waals surface area contributed by atoms with Gasteiger partial charge in [-0.25, -0.2) is 0 Å². The molecule has 0 radical (unpaired) electrons. The number of rotatable bonds is 8. The van der Waals surface area contributed by atoms with Crippen molar-refractivity contribution >= 4 is 17.7 Å². The Labute approximate surface area is 156 Å². The molecule has 2 rings (SSSR count). The maximum absolute atomic E-state index is 5.71. The fourth-order valence-electron chi connectivity index (χ4n) is 2.67. The van der Waals surface area contributed by atoms with Crippen molar-refractivity contribution in [1.82, 2.24) is 10.6 Å². The highest BCUT2D eigenvalue weighted by molar-refractivity contribution is 7.98. The number of nitrogens with one attached hydrogen (secondary N) is 2. The van der Waals surface area contributed by atoms with Gasteiger partial charge >= 0.3 is 0 Å². The molecule has 0 spiro atoms. The molecule has 0 aromatic heterocycles. The molecule has 0 atom stereocenters. The summed E-state index contributed by atoms with van der Waals surface area (Å²) in [6, 6.07) is 6.22. The van der Waals surface area contributed by atoms with Crippen LogP contribution in [0, 0.1) is 0 Å². The average Bonchev–Trinajstić information content (AvgIpc) is 2.63. The van der Waals surface area contributed by atoms with Crippen molar-refractivity contribution in [2.24, 2.45) is 4.99 Å². The average molecular weight is 366 g/mol. The standard InChI is InChI=1S/C19H31N3O2S/c1-19(2,14-22-18(20-3)21-9-5-6-12-25-4)15-7-8-16-17(13-15)24-11-10-23-16/h7-8,13H,5-6,9-12,14H2,1-4H3,(H2,20,21,22). The number of nitrogens with zero attached hydrogens (tertiary/aromatic N) is 1. The predicted molar refractivity (Wildman–Crippen MR) is 107 cm³/mol. The van der Waals surface area contributed by atoms with Crippen molar-refractivity contribution < 1.29 is 9.47 Å². The Kier molecular flexibility index (Phi) is 7.75. The zero-order valence-electron chi connectivity index (χ0n) is 15.9. The van der Waals surface area contributed by atoms with Crippen LogP contribution in [0.15, 0.2) is 23.2 Å². The Morgan fingerprint density at radius 1 is 1.16 bits per heavy atom. The molecule has 1 aliphatic heterocycles. The summed E-state index contributed by atoms with van der Waals surface area (Å²) in [6.45, 7) is 7.41. The molecular weight excluding hydrogens is 334 g/mol. The zero-order valence-corrected chi connectivity index (χ0v) is 16.7. The molecule has 25 heavy (non-hydrogen) atoms. The van der Waals surface area contributed by atoms with E-state index in [4.69, 9.17) is 9.47 Å². The first-order valence-corrected chi connectivity index (χ1v) is 10.3. The van der Waals surface area contributed by atoms with Crippen molar-refractivity contribution in [2.45, 2.75) is 32.1 Å². The Hall–Kier alpha value is -1.56. The Balaban J connectivity index is 1.87. The first-order chi connectivity index (χ1) is 12.1. The molecule has 5 nitrogen and oxygen atoms in total. The van der Waals surface area contributed by atoms with Crippen LogP contribution in [0.4, 0.5) is 0 Å². The lowest BCUT2D eigenvalue weighted by atomic mass is 9.84. The number of guanidine groups is 1. The van der Waals surface area contributed by atoms with Gasteiger partial charge in [-0.2, -0.15) is 11.8 Å². The molecule has 1 heterocycles. The molecule has 1 aromatic rings. The maximum atomic E-state index is 5.71. The van der Waals surface area contributed by atoms with Gasteiger partial charge in [0.25, 0.3) is 0 Å². The quantitative estimate of drug-likeness (QED) is 0.421. The lowest BCUT2D eigenvalue weighted by Crippen LogP contribution is -2.43. The van der Waals surface area contributed by atoms with Gasteiger partial charge in [0.1, 0.15) is 13.2 Å². The molecule has 6 heteroatoms. The van der Waals surface area contributed by atoms with Crippen molar-refractivity contribution in [1.29, 1.82) is 0 Å². The fraction of sp³-hybridized carbons (Fsp3) is 0.632. The minimum atomic E-state index is -0.0493. The van der Waals surface area contributed by atoms with Gasteiger partial charge in [0.05, 0.1) is 0 Å². The van der Waals surface area contributed by atoms with Gasteiger partial charge in [-0.1, -0.05) is 19.9 Å². The van der Waals surface area contributed by atoms with Crippen LogP contribution in [0.5, 0.6) is 11.5 Å². The zero-order chi connectivity index (χ0) is 18.1. The van der Waals surface area contributed by atoms with Gasteiger partial charge in [-0.3, -0.25) is 4.99 Å². The summed E-state index contributed by atoms with van der Waals surface area (Å²) in [5.41, 5.74) is 1.17. The third kappa shape index (κ3) is 6.03. The van der Waals surface area contributed by atoms with E-state index >= 15 is 0 Å². The topological polar surface area (TPSA) is 54.9 Å². The first kappa shape index (κ1) is 19.8. The summed E-state index contributed by atoms with van der Waals surface area (Å²) in [6.07, 6.45) is 4.54. The summed E-state index contributed by atoms with van der Waals surface area (Å²) < 4.78 is 11.3. The molecule has 0 amide bonds. The van der Waals surface area contributed by atoms with E-state index < -0.39 is 0 Å². The van der Waals surface area contributed by atoms with Crippen LogP contribution in [0.25, 0.3) is 0 Å². The summed E-state index contributed by atoms with van der Waals surface area (Å²) in [7, 11) is 1.81. The van der Waals surface area contributed by atoms with Gasteiger partial charge in [0, 0.05) is 25.6 Å². The van der Waals surface area contributed by atoms with Crippen LogP contribution in [-0.2, 0) is 5.41 Å². The lowest BCUT2D eigenvalue weighted by Gasteiger charge is -2.28. The molecule has 140 valence electrons. The molecule has 1 aliphatic rings. The van der Waals surface area contributed by atoms with Gasteiger partial charge in [0.15, 0.2) is 17.5 Å². The van der Waals surface area contributed by atoms with E-state index in [0.29, 0.717) is 13.2 Å². The molecule has 2 N–H and O–H groups in total. The number of hydrogen-bond acceptors (Lipinski definition) is 4. The van der Waals surface area contributed by atoms with Gasteiger partial charge in [-0.15, -0.1) is 0 Å². The summed E-state index contributed by atoms with van der Waals surface area (Å²) in [5.74, 6) is 3.74. The molecule has 0 unspecified atom stereocenters. The number of aliphatic imine (C=N–C) groups is 1. The number of fused-ring (bicyclic) bond motifs is 1. The molecule has 0 aliphatic carbocycles. The smallest absolute Gasteiger partial charge is 0.191 e. The van der Waals surface area contributed by atoms with Crippen molar-refractivity contribution in [2.75, 3.05) is 45.4 Å². The highest BCUT2D eigenvalue weighted by atomic mass is 32.2. The minimum Gasteiger partial charge on any atom is -0.486 e. The largest absolute Gasteiger partial charge is 0.486 e. The molecule has 0 saturated carbocycles. The third-order valence-corrected chi connectivity index (χ3v) is 5.01. The Morgan fingerprint density at radius 3 is 2.64 bits per heavy atom. The van der Waals surface area contributed by atoms with Gasteiger partial charge in [-0.05, 0) is 42.5 Å². The van der Waals surface area contributed by atoms with Crippen molar-refractivity contribution in [3.63, 3.8) is 0 Å². The van der Waals surface area contributed by atoms with E-state index in [1.54, 1.807) is 0 Å². The molecular formula is C19H31N3O2S. The Bertz CT molecular complexity index is 576. The third-order valence-electron chi connectivity index (χ3n) is 4.31. The van der Waals surface area contributed by atoms with E-state index in [1.165, 1.54) is 17.7 Å². The van der Waals surface area contributed by atoms with E-state index in [-0.39, 0.29) is 5.41 Å². The van der Waals surface area contributed by atoms with Gasteiger partial charge < -0.3 is 20.1 Å². The summed E-state index contributed by atoms with van der Waals surface area (Å²) >= 11 is 1.89. The maximum Gasteiger partial charge on any atom is 0.191 e. The number of hydrogen-bond donors (Lipinski definition) is 2. The van der Waals surface area contributed by atoms with Crippen molar-refractivity contribution in [3.8, 4) is 11.5 Å². The van der Waals surface area contributed by atoms with Crippen LogP contribution in [0.1, 0.15) is 32.3 Å². The number of thioether (sulfide) groups is 1. The number of ether oxygens (including phenoxy) is 2. The van der Waals surface area contributed by atoms with Crippen LogP contribution in [-0.4, -0.2) is 51.3 Å². The normalized spacial score (nSPS) is 14.3. The summed E-state index contributed by atoms with van der Waals surface area (Å²) in [4.78, 5) is 4.32. The second kappa shape index (κ2) is 9.80. The van der Waals surface area contributed by atoms with Gasteiger partial charge in [0.2, 0.25) is 0 Å². The highest BCUT2D eigenvalue weighted by Crippen LogP contribution is 2.34. The molecule has 0 bridgehead atoms. The number of unbranched alkanes of at least 4 members (excludes halogenated alkanes) is 1. The summed E-state index contributed by atoms with van der Waals surface area (Å²) in [5, 5.41) is 6.83. The van der Waals surface area contributed by atoms with Crippen LogP contribution in [0.3, 0.4) is 0 Å². The predicted octanol–water partition coefficient (Wildman–Crippen LogP) is 3.04. The Morgan fingerprint density at radius 2 is 1.92 bits per heavy atom. The van der Waals surface area contributed by atoms with Crippen LogP contribution >= 0.6 is 11.8 Å². The molecule has 1 aromatic carbocycles. The van der Waals surface area contributed by atoms with E-state index in [1.807, 2.05) is 24.9 Å². The van der Waals surface area contributed by atoms with E-state index in [0.717, 1.165) is 37.0 Å². The second-order valence-electron chi connectivity index (χ2n) is 6.79. The SMILES string of the molecule is CN=C(NCCCCSC)NCC(C)(C)c1ccc2c(c1)OCCO2. The van der Waals surface area contributed by atoms with Crippen LogP contribution in [0.2, 0.25) is 0 Å². The van der Waals surface area contributed by atoms with E-state index in [9.17, 15) is 0 Å². The second-order valence-corrected chi connectivity index (χ2v) is 7.78.